The highest BCUT2D eigenvalue weighted by molar-refractivity contribution is 6.01. The predicted octanol–water partition coefficient (Wildman–Crippen LogP) is 0.453. The van der Waals surface area contributed by atoms with E-state index < -0.39 is 17.9 Å². The van der Waals surface area contributed by atoms with Crippen LogP contribution in [0.3, 0.4) is 0 Å². The Kier molecular flexibility index (Phi) is 4.25. The number of rotatable bonds is 4. The number of carbonyl (C=O) groups excluding carboxylic acids is 3. The van der Waals surface area contributed by atoms with Crippen molar-refractivity contribution in [2.45, 2.75) is 6.92 Å². The topological polar surface area (TPSA) is 125 Å². The minimum absolute atomic E-state index is 0.0677. The van der Waals surface area contributed by atoms with E-state index in [0.29, 0.717) is 0 Å². The van der Waals surface area contributed by atoms with Crippen molar-refractivity contribution in [1.82, 2.24) is 0 Å². The molecule has 0 saturated carbocycles. The third-order valence-electron chi connectivity index (χ3n) is 2.02. The number of hydrogen-bond donors (Lipinski definition) is 3. The Morgan fingerprint density at radius 1 is 1.11 bits per heavy atom. The van der Waals surface area contributed by atoms with Gasteiger partial charge in [-0.2, -0.15) is 0 Å². The van der Waals surface area contributed by atoms with Crippen molar-refractivity contribution in [3.8, 4) is 0 Å². The molecule has 1 aromatic rings. The first-order chi connectivity index (χ1) is 8.43. The molecular weight excluding hydrogens is 238 g/mol. The van der Waals surface area contributed by atoms with E-state index in [-0.39, 0.29) is 23.4 Å². The summed E-state index contributed by atoms with van der Waals surface area (Å²) in [6.07, 6.45) is -0.699. The number of primary amides is 2. The minimum atomic E-state index is -0.731. The molecule has 5 N–H and O–H groups in total. The largest absolute Gasteiger partial charge is 0.450 e. The van der Waals surface area contributed by atoms with E-state index in [4.69, 9.17) is 11.5 Å². The molecule has 18 heavy (non-hydrogen) atoms. The average Bonchev–Trinajstić information content (AvgIpc) is 2.28. The Labute approximate surface area is 103 Å². The Hall–Kier alpha value is -2.57. The zero-order chi connectivity index (χ0) is 13.7. The number of amides is 3. The third-order valence-corrected chi connectivity index (χ3v) is 2.02. The SMILES string of the molecule is CCOC(=O)Nc1cc(C(N)=O)cc(C(N)=O)c1. The van der Waals surface area contributed by atoms with Crippen LogP contribution in [0.15, 0.2) is 18.2 Å². The van der Waals surface area contributed by atoms with Gasteiger partial charge in [0.05, 0.1) is 6.61 Å². The standard InChI is InChI=1S/C11H13N3O4/c1-2-18-11(17)14-8-4-6(9(12)15)3-7(5-8)10(13)16/h3-5H,2H2,1H3,(H2,12,15)(H2,13,16)(H,14,17). The quantitative estimate of drug-likeness (QED) is 0.718. The maximum atomic E-state index is 11.2. The Bertz CT molecular complexity index is 467. The van der Waals surface area contributed by atoms with Crippen molar-refractivity contribution >= 4 is 23.6 Å². The second-order valence-corrected chi connectivity index (χ2v) is 3.37. The van der Waals surface area contributed by atoms with Crippen LogP contribution in [0.4, 0.5) is 10.5 Å². The lowest BCUT2D eigenvalue weighted by Gasteiger charge is -2.08. The number of carbonyl (C=O) groups is 3. The monoisotopic (exact) mass is 251 g/mol. The molecule has 7 nitrogen and oxygen atoms in total. The molecule has 0 unspecified atom stereocenters. The van der Waals surface area contributed by atoms with Crippen LogP contribution in [0.2, 0.25) is 0 Å². The van der Waals surface area contributed by atoms with Gasteiger partial charge in [-0.3, -0.25) is 14.9 Å². The van der Waals surface area contributed by atoms with Gasteiger partial charge in [-0.15, -0.1) is 0 Å². The molecule has 1 rings (SSSR count). The van der Waals surface area contributed by atoms with Crippen molar-refractivity contribution < 1.29 is 19.1 Å². The molecular formula is C11H13N3O4. The molecule has 0 spiro atoms. The zero-order valence-corrected chi connectivity index (χ0v) is 9.73. The first kappa shape index (κ1) is 13.5. The molecule has 1 aromatic carbocycles. The molecule has 3 amide bonds. The molecule has 0 aliphatic carbocycles. The van der Waals surface area contributed by atoms with E-state index in [0.717, 1.165) is 0 Å². The molecule has 0 bridgehead atoms. The summed E-state index contributed by atoms with van der Waals surface area (Å²) in [6, 6.07) is 3.90. The van der Waals surface area contributed by atoms with Crippen LogP contribution in [-0.4, -0.2) is 24.5 Å². The normalized spacial score (nSPS) is 9.61. The van der Waals surface area contributed by atoms with Crippen LogP contribution < -0.4 is 16.8 Å². The van der Waals surface area contributed by atoms with Crippen LogP contribution in [0.25, 0.3) is 0 Å². The number of nitrogens with one attached hydrogen (secondary N) is 1. The number of ether oxygens (including phenoxy) is 1. The Balaban J connectivity index is 3.07. The van der Waals surface area contributed by atoms with E-state index in [1.165, 1.54) is 18.2 Å². The van der Waals surface area contributed by atoms with Gasteiger partial charge in [0, 0.05) is 16.8 Å². The second kappa shape index (κ2) is 5.67. The van der Waals surface area contributed by atoms with Gasteiger partial charge >= 0.3 is 6.09 Å². The average molecular weight is 251 g/mol. The molecule has 0 radical (unpaired) electrons. The van der Waals surface area contributed by atoms with E-state index in [1.54, 1.807) is 6.92 Å². The van der Waals surface area contributed by atoms with Crippen LogP contribution in [0, 0.1) is 0 Å². The number of hydrogen-bond acceptors (Lipinski definition) is 4. The maximum absolute atomic E-state index is 11.2. The molecule has 0 fully saturated rings. The maximum Gasteiger partial charge on any atom is 0.411 e. The van der Waals surface area contributed by atoms with Gasteiger partial charge < -0.3 is 16.2 Å². The van der Waals surface area contributed by atoms with Crippen LogP contribution in [0.1, 0.15) is 27.6 Å². The van der Waals surface area contributed by atoms with E-state index in [9.17, 15) is 14.4 Å². The lowest BCUT2D eigenvalue weighted by Crippen LogP contribution is -2.18. The summed E-state index contributed by atoms with van der Waals surface area (Å²) in [5, 5.41) is 2.36. The van der Waals surface area contributed by atoms with Crippen LogP contribution in [-0.2, 0) is 4.74 Å². The zero-order valence-electron chi connectivity index (χ0n) is 9.73. The molecule has 0 heterocycles. The highest BCUT2D eigenvalue weighted by Gasteiger charge is 2.11. The predicted molar refractivity (Wildman–Crippen MR) is 64.1 cm³/mol. The van der Waals surface area contributed by atoms with E-state index in [1.807, 2.05) is 0 Å². The summed E-state index contributed by atoms with van der Waals surface area (Å²) in [7, 11) is 0. The van der Waals surface area contributed by atoms with E-state index in [2.05, 4.69) is 10.1 Å². The number of benzene rings is 1. The van der Waals surface area contributed by atoms with Gasteiger partial charge in [-0.05, 0) is 25.1 Å². The molecule has 7 heteroatoms. The van der Waals surface area contributed by atoms with Crippen LogP contribution in [0.5, 0.6) is 0 Å². The van der Waals surface area contributed by atoms with Gasteiger partial charge in [-0.1, -0.05) is 0 Å². The number of nitrogens with two attached hydrogens (primary N) is 2. The molecule has 0 aromatic heterocycles. The molecule has 96 valence electrons. The molecule has 0 saturated heterocycles. The van der Waals surface area contributed by atoms with Crippen molar-refractivity contribution in [2.75, 3.05) is 11.9 Å². The summed E-state index contributed by atoms with van der Waals surface area (Å²) in [6.45, 7) is 1.85. The van der Waals surface area contributed by atoms with E-state index >= 15 is 0 Å². The summed E-state index contributed by atoms with van der Waals surface area (Å²) in [5.41, 5.74) is 10.6. The third kappa shape index (κ3) is 3.48. The fourth-order valence-corrected chi connectivity index (χ4v) is 1.27. The second-order valence-electron chi connectivity index (χ2n) is 3.37. The van der Waals surface area contributed by atoms with Gasteiger partial charge in [0.2, 0.25) is 11.8 Å². The van der Waals surface area contributed by atoms with Gasteiger partial charge in [-0.25, -0.2) is 4.79 Å². The molecule has 0 aliphatic rings. The highest BCUT2D eigenvalue weighted by atomic mass is 16.5. The summed E-state index contributed by atoms with van der Waals surface area (Å²) in [5.74, 6) is -1.46. The molecule has 0 aliphatic heterocycles. The number of anilines is 1. The first-order valence-corrected chi connectivity index (χ1v) is 5.12. The van der Waals surface area contributed by atoms with Gasteiger partial charge in [0.25, 0.3) is 0 Å². The fraction of sp³-hybridized carbons (Fsp3) is 0.182. The lowest BCUT2D eigenvalue weighted by molar-refractivity contribution is 0.0999. The van der Waals surface area contributed by atoms with Gasteiger partial charge in [0.1, 0.15) is 0 Å². The highest BCUT2D eigenvalue weighted by Crippen LogP contribution is 2.15. The summed E-state index contributed by atoms with van der Waals surface area (Å²) < 4.78 is 4.66. The lowest BCUT2D eigenvalue weighted by atomic mass is 10.1. The summed E-state index contributed by atoms with van der Waals surface area (Å²) in [4.78, 5) is 33.3. The van der Waals surface area contributed by atoms with Crippen molar-refractivity contribution in [3.05, 3.63) is 29.3 Å². The van der Waals surface area contributed by atoms with Gasteiger partial charge in [0.15, 0.2) is 0 Å². The first-order valence-electron chi connectivity index (χ1n) is 5.12. The Morgan fingerprint density at radius 3 is 2.00 bits per heavy atom. The fourth-order valence-electron chi connectivity index (χ4n) is 1.27. The Morgan fingerprint density at radius 2 is 1.61 bits per heavy atom. The van der Waals surface area contributed by atoms with Crippen molar-refractivity contribution in [3.63, 3.8) is 0 Å². The summed E-state index contributed by atoms with van der Waals surface area (Å²) >= 11 is 0. The van der Waals surface area contributed by atoms with Crippen molar-refractivity contribution in [1.29, 1.82) is 0 Å². The molecule has 0 atom stereocenters. The van der Waals surface area contributed by atoms with Crippen LogP contribution >= 0.6 is 0 Å². The van der Waals surface area contributed by atoms with Crippen molar-refractivity contribution in [2.24, 2.45) is 11.5 Å². The minimum Gasteiger partial charge on any atom is -0.450 e. The smallest absolute Gasteiger partial charge is 0.411 e.